The molecule has 5 rings (SSSR count). The van der Waals surface area contributed by atoms with Crippen molar-refractivity contribution in [3.8, 4) is 33.8 Å². The van der Waals surface area contributed by atoms with E-state index in [-0.39, 0.29) is 5.69 Å². The Kier molecular flexibility index (Phi) is 7.12. The Morgan fingerprint density at radius 1 is 1.00 bits per heavy atom. The SMILES string of the molecule is CCCCc1nc(-c2cccnc2C(=O)OC)cn1Cc1ccc(-c2ccc(-c3nn[nH]n3)cc2)cc1. The second kappa shape index (κ2) is 10.9. The first kappa shape index (κ1) is 24.1. The van der Waals surface area contributed by atoms with Crippen molar-refractivity contribution in [1.82, 2.24) is 35.2 Å². The fraction of sp³-hybridized carbons (Fsp3) is 0.214. The van der Waals surface area contributed by atoms with Gasteiger partial charge in [0, 0.05) is 36.5 Å². The average molecular weight is 494 g/mol. The molecule has 0 bridgehead atoms. The maximum Gasteiger partial charge on any atom is 0.357 e. The van der Waals surface area contributed by atoms with Crippen LogP contribution in [0.3, 0.4) is 0 Å². The number of imidazole rings is 1. The summed E-state index contributed by atoms with van der Waals surface area (Å²) in [5, 5.41) is 14.1. The molecule has 0 spiro atoms. The highest BCUT2D eigenvalue weighted by atomic mass is 16.5. The first-order valence-corrected chi connectivity index (χ1v) is 12.2. The van der Waals surface area contributed by atoms with Gasteiger partial charge >= 0.3 is 5.97 Å². The van der Waals surface area contributed by atoms with Gasteiger partial charge in [-0.3, -0.25) is 0 Å². The van der Waals surface area contributed by atoms with Crippen LogP contribution >= 0.6 is 0 Å². The summed E-state index contributed by atoms with van der Waals surface area (Å²) in [4.78, 5) is 21.4. The summed E-state index contributed by atoms with van der Waals surface area (Å²) in [6.07, 6.45) is 6.55. The molecule has 0 fully saturated rings. The molecule has 3 heterocycles. The lowest BCUT2D eigenvalue weighted by atomic mass is 10.0. The number of rotatable bonds is 9. The lowest BCUT2D eigenvalue weighted by Crippen LogP contribution is -2.06. The quantitative estimate of drug-likeness (QED) is 0.289. The number of hydrogen-bond donors (Lipinski definition) is 1. The third-order valence-corrected chi connectivity index (χ3v) is 6.20. The van der Waals surface area contributed by atoms with E-state index in [9.17, 15) is 4.79 Å². The van der Waals surface area contributed by atoms with Gasteiger partial charge < -0.3 is 9.30 Å². The normalized spacial score (nSPS) is 11.0. The number of hydrogen-bond acceptors (Lipinski definition) is 7. The van der Waals surface area contributed by atoms with E-state index in [0.29, 0.717) is 17.9 Å². The Labute approximate surface area is 214 Å². The number of carbonyl (C=O) groups is 1. The minimum absolute atomic E-state index is 0.270. The molecule has 0 aliphatic heterocycles. The number of esters is 1. The van der Waals surface area contributed by atoms with Crippen molar-refractivity contribution >= 4 is 5.97 Å². The van der Waals surface area contributed by atoms with Gasteiger partial charge in [-0.15, -0.1) is 10.2 Å². The van der Waals surface area contributed by atoms with Crippen molar-refractivity contribution < 1.29 is 9.53 Å². The highest BCUT2D eigenvalue weighted by molar-refractivity contribution is 5.94. The summed E-state index contributed by atoms with van der Waals surface area (Å²) in [5.41, 5.74) is 5.97. The second-order valence-corrected chi connectivity index (χ2v) is 8.67. The summed E-state index contributed by atoms with van der Waals surface area (Å²) in [7, 11) is 1.36. The molecular formula is C28H27N7O2. The number of ether oxygens (including phenoxy) is 1. The Hall–Kier alpha value is -4.66. The summed E-state index contributed by atoms with van der Waals surface area (Å²) in [6.45, 7) is 2.84. The predicted octanol–water partition coefficient (Wildman–Crippen LogP) is 4.97. The Balaban J connectivity index is 1.38. The molecule has 0 saturated heterocycles. The van der Waals surface area contributed by atoms with Crippen LogP contribution in [0.4, 0.5) is 0 Å². The van der Waals surface area contributed by atoms with Crippen molar-refractivity contribution in [2.75, 3.05) is 7.11 Å². The molecular weight excluding hydrogens is 466 g/mol. The number of unbranched alkanes of at least 4 members (excludes halogenated alkanes) is 1. The summed E-state index contributed by atoms with van der Waals surface area (Å²) >= 11 is 0. The van der Waals surface area contributed by atoms with Gasteiger partial charge in [0.05, 0.1) is 12.8 Å². The summed E-state index contributed by atoms with van der Waals surface area (Å²) in [5.74, 6) is 1.09. The van der Waals surface area contributed by atoms with Crippen LogP contribution in [0.15, 0.2) is 73.1 Å². The summed E-state index contributed by atoms with van der Waals surface area (Å²) < 4.78 is 7.08. The molecule has 186 valence electrons. The smallest absolute Gasteiger partial charge is 0.357 e. The molecule has 0 saturated carbocycles. The molecule has 0 aliphatic rings. The monoisotopic (exact) mass is 493 g/mol. The number of methoxy groups -OCH3 is 1. The zero-order chi connectivity index (χ0) is 25.6. The third-order valence-electron chi connectivity index (χ3n) is 6.20. The van der Waals surface area contributed by atoms with E-state index in [1.54, 1.807) is 12.3 Å². The molecule has 0 unspecified atom stereocenters. The van der Waals surface area contributed by atoms with Crippen molar-refractivity contribution in [1.29, 1.82) is 0 Å². The van der Waals surface area contributed by atoms with E-state index in [0.717, 1.165) is 53.0 Å². The van der Waals surface area contributed by atoms with Gasteiger partial charge in [-0.2, -0.15) is 5.21 Å². The first-order chi connectivity index (χ1) is 18.2. The van der Waals surface area contributed by atoms with Gasteiger partial charge in [0.25, 0.3) is 0 Å². The van der Waals surface area contributed by atoms with Crippen molar-refractivity contribution in [2.24, 2.45) is 0 Å². The van der Waals surface area contributed by atoms with E-state index in [1.807, 2.05) is 24.4 Å². The number of nitrogens with zero attached hydrogens (tertiary/aromatic N) is 6. The van der Waals surface area contributed by atoms with E-state index in [2.05, 4.69) is 73.5 Å². The van der Waals surface area contributed by atoms with Crippen LogP contribution in [0, 0.1) is 0 Å². The predicted molar refractivity (Wildman–Crippen MR) is 140 cm³/mol. The number of aryl methyl sites for hydroxylation is 1. The van der Waals surface area contributed by atoms with Crippen LogP contribution in [0.2, 0.25) is 0 Å². The lowest BCUT2D eigenvalue weighted by molar-refractivity contribution is 0.0595. The van der Waals surface area contributed by atoms with E-state index >= 15 is 0 Å². The highest BCUT2D eigenvalue weighted by Gasteiger charge is 2.18. The zero-order valence-electron chi connectivity index (χ0n) is 20.8. The van der Waals surface area contributed by atoms with Crippen LogP contribution in [0.1, 0.15) is 41.6 Å². The van der Waals surface area contributed by atoms with Gasteiger partial charge in [0.1, 0.15) is 5.82 Å². The highest BCUT2D eigenvalue weighted by Crippen LogP contribution is 2.26. The number of aromatic nitrogens is 7. The molecule has 1 N–H and O–H groups in total. The van der Waals surface area contributed by atoms with Gasteiger partial charge in [-0.25, -0.2) is 14.8 Å². The van der Waals surface area contributed by atoms with E-state index < -0.39 is 5.97 Å². The zero-order valence-corrected chi connectivity index (χ0v) is 20.8. The van der Waals surface area contributed by atoms with Crippen LogP contribution < -0.4 is 0 Å². The number of pyridine rings is 1. The molecule has 0 atom stereocenters. The molecule has 9 heteroatoms. The minimum atomic E-state index is -0.471. The minimum Gasteiger partial charge on any atom is -0.464 e. The third kappa shape index (κ3) is 5.30. The molecule has 5 aromatic rings. The standard InChI is InChI=1S/C28H27N7O2/c1-3-4-7-25-30-24(23-6-5-16-29-26(23)28(36)37-2)18-35(25)17-19-8-10-20(11-9-19)21-12-14-22(15-13-21)27-31-33-34-32-27/h5-6,8-16,18H,3-4,7,17H2,1-2H3,(H,31,32,33,34). The molecule has 2 aromatic carbocycles. The van der Waals surface area contributed by atoms with E-state index in [4.69, 9.17) is 9.72 Å². The van der Waals surface area contributed by atoms with Crippen LogP contribution in [0.5, 0.6) is 0 Å². The fourth-order valence-corrected chi connectivity index (χ4v) is 4.22. The second-order valence-electron chi connectivity index (χ2n) is 8.67. The summed E-state index contributed by atoms with van der Waals surface area (Å²) in [6, 6.07) is 20.3. The van der Waals surface area contributed by atoms with Crippen LogP contribution in [-0.4, -0.2) is 48.2 Å². The number of aromatic amines is 1. The van der Waals surface area contributed by atoms with E-state index in [1.165, 1.54) is 7.11 Å². The van der Waals surface area contributed by atoms with Crippen molar-refractivity contribution in [3.05, 3.63) is 90.1 Å². The van der Waals surface area contributed by atoms with Gasteiger partial charge in [-0.05, 0) is 40.5 Å². The lowest BCUT2D eigenvalue weighted by Gasteiger charge is -2.09. The topological polar surface area (TPSA) is 111 Å². The van der Waals surface area contributed by atoms with Crippen molar-refractivity contribution in [3.63, 3.8) is 0 Å². The number of H-pyrrole nitrogens is 1. The number of carbonyl (C=O) groups excluding carboxylic acids is 1. The average Bonchev–Trinajstić information content (AvgIpc) is 3.63. The number of benzene rings is 2. The number of nitrogens with one attached hydrogen (secondary N) is 1. The van der Waals surface area contributed by atoms with Crippen LogP contribution in [-0.2, 0) is 17.7 Å². The fourth-order valence-electron chi connectivity index (χ4n) is 4.22. The maximum atomic E-state index is 12.3. The molecule has 37 heavy (non-hydrogen) atoms. The molecule has 0 radical (unpaired) electrons. The Morgan fingerprint density at radius 3 is 2.41 bits per heavy atom. The number of tetrazole rings is 1. The maximum absolute atomic E-state index is 12.3. The Bertz CT molecular complexity index is 1470. The van der Waals surface area contributed by atoms with Gasteiger partial charge in [-0.1, -0.05) is 61.9 Å². The van der Waals surface area contributed by atoms with Crippen molar-refractivity contribution in [2.45, 2.75) is 32.7 Å². The largest absolute Gasteiger partial charge is 0.464 e. The first-order valence-electron chi connectivity index (χ1n) is 12.2. The van der Waals surface area contributed by atoms with Gasteiger partial charge in [0.2, 0.25) is 5.82 Å². The molecule has 0 aliphatic carbocycles. The Morgan fingerprint density at radius 2 is 1.73 bits per heavy atom. The molecule has 3 aromatic heterocycles. The molecule has 0 amide bonds. The molecule has 9 nitrogen and oxygen atoms in total. The van der Waals surface area contributed by atoms with Crippen LogP contribution in [0.25, 0.3) is 33.8 Å². The van der Waals surface area contributed by atoms with Gasteiger partial charge in [0.15, 0.2) is 5.69 Å².